The standard InChI is InChI=1S/C11H12N4O2/c1-6-8-5-12-9(11(16)17)13-10(8)15(14-6)7-3-2-4-7/h5,7H,2-4H2,1H3,(H,16,17). The van der Waals surface area contributed by atoms with Gasteiger partial charge in [-0.1, -0.05) is 0 Å². The van der Waals surface area contributed by atoms with Gasteiger partial charge in [0, 0.05) is 6.20 Å². The van der Waals surface area contributed by atoms with Crippen LogP contribution in [0.25, 0.3) is 11.0 Å². The lowest BCUT2D eigenvalue weighted by molar-refractivity contribution is 0.0684. The molecule has 2 aromatic heterocycles. The first-order valence-electron chi connectivity index (χ1n) is 5.62. The van der Waals surface area contributed by atoms with Gasteiger partial charge in [0.2, 0.25) is 5.82 Å². The van der Waals surface area contributed by atoms with Gasteiger partial charge in [-0.25, -0.2) is 19.4 Å². The van der Waals surface area contributed by atoms with Crippen molar-refractivity contribution < 1.29 is 9.90 Å². The predicted molar refractivity (Wildman–Crippen MR) is 59.9 cm³/mol. The van der Waals surface area contributed by atoms with Crippen molar-refractivity contribution in [1.29, 1.82) is 0 Å². The second kappa shape index (κ2) is 3.51. The molecule has 0 unspecified atom stereocenters. The molecule has 0 aliphatic heterocycles. The lowest BCUT2D eigenvalue weighted by atomic mass is 9.93. The van der Waals surface area contributed by atoms with E-state index in [1.807, 2.05) is 11.6 Å². The molecule has 17 heavy (non-hydrogen) atoms. The summed E-state index contributed by atoms with van der Waals surface area (Å²) in [5, 5.41) is 14.2. The molecule has 1 aliphatic carbocycles. The maximum atomic E-state index is 10.9. The van der Waals surface area contributed by atoms with Gasteiger partial charge in [-0.15, -0.1) is 0 Å². The van der Waals surface area contributed by atoms with Crippen LogP contribution in [0.5, 0.6) is 0 Å². The quantitative estimate of drug-likeness (QED) is 0.849. The average molecular weight is 232 g/mol. The molecule has 2 heterocycles. The van der Waals surface area contributed by atoms with E-state index in [4.69, 9.17) is 5.11 Å². The first-order valence-corrected chi connectivity index (χ1v) is 5.62. The number of rotatable bonds is 2. The number of carbonyl (C=O) groups is 1. The molecule has 0 saturated heterocycles. The maximum Gasteiger partial charge on any atom is 0.374 e. The zero-order valence-electron chi connectivity index (χ0n) is 9.42. The molecule has 1 N–H and O–H groups in total. The zero-order valence-corrected chi connectivity index (χ0v) is 9.42. The number of hydrogen-bond donors (Lipinski definition) is 1. The fourth-order valence-corrected chi connectivity index (χ4v) is 2.05. The number of aromatic carboxylic acids is 1. The molecule has 0 amide bonds. The lowest BCUT2D eigenvalue weighted by Gasteiger charge is -2.25. The summed E-state index contributed by atoms with van der Waals surface area (Å²) >= 11 is 0. The minimum atomic E-state index is -1.11. The predicted octanol–water partition coefficient (Wildman–Crippen LogP) is 1.56. The Morgan fingerprint density at radius 1 is 1.53 bits per heavy atom. The van der Waals surface area contributed by atoms with E-state index in [2.05, 4.69) is 15.1 Å². The van der Waals surface area contributed by atoms with Gasteiger partial charge in [0.15, 0.2) is 5.65 Å². The molecule has 0 atom stereocenters. The van der Waals surface area contributed by atoms with Crippen molar-refractivity contribution in [2.45, 2.75) is 32.2 Å². The summed E-state index contributed by atoms with van der Waals surface area (Å²) in [6.45, 7) is 1.89. The van der Waals surface area contributed by atoms with E-state index in [0.717, 1.165) is 23.9 Å². The number of nitrogens with zero attached hydrogens (tertiary/aromatic N) is 4. The van der Waals surface area contributed by atoms with Crippen LogP contribution in [0, 0.1) is 6.92 Å². The van der Waals surface area contributed by atoms with Crippen molar-refractivity contribution in [3.05, 3.63) is 17.7 Å². The van der Waals surface area contributed by atoms with Gasteiger partial charge < -0.3 is 5.11 Å². The Labute approximate surface area is 97.3 Å². The lowest BCUT2D eigenvalue weighted by Crippen LogP contribution is -2.19. The third-order valence-corrected chi connectivity index (χ3v) is 3.25. The fourth-order valence-electron chi connectivity index (χ4n) is 2.05. The highest BCUT2D eigenvalue weighted by atomic mass is 16.4. The first-order chi connectivity index (χ1) is 8.16. The van der Waals surface area contributed by atoms with Crippen LogP contribution < -0.4 is 0 Å². The minimum Gasteiger partial charge on any atom is -0.475 e. The summed E-state index contributed by atoms with van der Waals surface area (Å²) in [5.41, 5.74) is 1.49. The van der Waals surface area contributed by atoms with Crippen molar-refractivity contribution in [3.8, 4) is 0 Å². The molecule has 3 rings (SSSR count). The highest BCUT2D eigenvalue weighted by Gasteiger charge is 2.24. The summed E-state index contributed by atoms with van der Waals surface area (Å²) in [4.78, 5) is 18.8. The summed E-state index contributed by atoms with van der Waals surface area (Å²) in [7, 11) is 0. The summed E-state index contributed by atoms with van der Waals surface area (Å²) in [6.07, 6.45) is 4.91. The smallest absolute Gasteiger partial charge is 0.374 e. The van der Waals surface area contributed by atoms with Gasteiger partial charge in [0.1, 0.15) is 0 Å². The number of fused-ring (bicyclic) bond motifs is 1. The maximum absolute atomic E-state index is 10.9. The molecule has 0 aromatic carbocycles. The van der Waals surface area contributed by atoms with Crippen molar-refractivity contribution in [1.82, 2.24) is 19.7 Å². The van der Waals surface area contributed by atoms with Crippen LogP contribution in [0.3, 0.4) is 0 Å². The van der Waals surface area contributed by atoms with Crippen LogP contribution in [-0.2, 0) is 0 Å². The molecule has 88 valence electrons. The van der Waals surface area contributed by atoms with E-state index in [0.29, 0.717) is 11.7 Å². The number of aromatic nitrogens is 4. The topological polar surface area (TPSA) is 80.9 Å². The van der Waals surface area contributed by atoms with Crippen LogP contribution in [0.1, 0.15) is 41.6 Å². The van der Waals surface area contributed by atoms with Gasteiger partial charge >= 0.3 is 5.97 Å². The Morgan fingerprint density at radius 2 is 2.29 bits per heavy atom. The second-order valence-corrected chi connectivity index (χ2v) is 4.35. The van der Waals surface area contributed by atoms with E-state index in [1.54, 1.807) is 6.20 Å². The molecule has 1 saturated carbocycles. The molecular formula is C11H12N4O2. The molecule has 6 nitrogen and oxygen atoms in total. The van der Waals surface area contributed by atoms with Crippen LogP contribution >= 0.6 is 0 Å². The molecule has 2 aromatic rings. The highest BCUT2D eigenvalue weighted by molar-refractivity contribution is 5.86. The SMILES string of the molecule is Cc1nn(C2CCC2)c2nc(C(=O)O)ncc12. The molecule has 1 fully saturated rings. The van der Waals surface area contributed by atoms with Crippen molar-refractivity contribution in [3.63, 3.8) is 0 Å². The highest BCUT2D eigenvalue weighted by Crippen LogP contribution is 2.33. The molecular weight excluding hydrogens is 220 g/mol. The third-order valence-electron chi connectivity index (χ3n) is 3.25. The molecule has 1 aliphatic rings. The Bertz CT molecular complexity index is 601. The van der Waals surface area contributed by atoms with Crippen molar-refractivity contribution in [2.24, 2.45) is 0 Å². The first kappa shape index (κ1) is 10.2. The summed E-state index contributed by atoms with van der Waals surface area (Å²) in [5.74, 6) is -1.27. The largest absolute Gasteiger partial charge is 0.475 e. The Kier molecular flexibility index (Phi) is 2.10. The number of hydrogen-bond acceptors (Lipinski definition) is 4. The van der Waals surface area contributed by atoms with E-state index in [-0.39, 0.29) is 5.82 Å². The van der Waals surface area contributed by atoms with Crippen LogP contribution in [-0.4, -0.2) is 30.8 Å². The number of aryl methyl sites for hydroxylation is 1. The van der Waals surface area contributed by atoms with Crippen molar-refractivity contribution >= 4 is 17.0 Å². The Morgan fingerprint density at radius 3 is 2.88 bits per heavy atom. The minimum absolute atomic E-state index is 0.169. The monoisotopic (exact) mass is 232 g/mol. The van der Waals surface area contributed by atoms with Crippen LogP contribution in [0.4, 0.5) is 0 Å². The Hall–Kier alpha value is -1.98. The van der Waals surface area contributed by atoms with Crippen LogP contribution in [0.15, 0.2) is 6.20 Å². The van der Waals surface area contributed by atoms with E-state index in [9.17, 15) is 4.79 Å². The summed E-state index contributed by atoms with van der Waals surface area (Å²) in [6, 6.07) is 0.364. The average Bonchev–Trinajstić information content (AvgIpc) is 2.54. The molecule has 0 radical (unpaired) electrons. The fraction of sp³-hybridized carbons (Fsp3) is 0.455. The third kappa shape index (κ3) is 1.48. The van der Waals surface area contributed by atoms with E-state index < -0.39 is 5.97 Å². The van der Waals surface area contributed by atoms with E-state index >= 15 is 0 Å². The number of carboxylic acids is 1. The number of carboxylic acid groups (broad SMARTS) is 1. The zero-order chi connectivity index (χ0) is 12.0. The molecule has 0 spiro atoms. The molecule has 0 bridgehead atoms. The molecule has 6 heteroatoms. The normalized spacial score (nSPS) is 16.1. The van der Waals surface area contributed by atoms with Gasteiger partial charge in [-0.3, -0.25) is 0 Å². The second-order valence-electron chi connectivity index (χ2n) is 4.35. The van der Waals surface area contributed by atoms with Gasteiger partial charge in [0.05, 0.1) is 17.1 Å². The van der Waals surface area contributed by atoms with Gasteiger partial charge in [-0.2, -0.15) is 5.10 Å². The van der Waals surface area contributed by atoms with Gasteiger partial charge in [0.25, 0.3) is 0 Å². The summed E-state index contributed by atoms with van der Waals surface area (Å²) < 4.78 is 1.85. The van der Waals surface area contributed by atoms with E-state index in [1.165, 1.54) is 6.42 Å². The van der Waals surface area contributed by atoms with Gasteiger partial charge in [-0.05, 0) is 26.2 Å². The van der Waals surface area contributed by atoms with Crippen molar-refractivity contribution in [2.75, 3.05) is 0 Å². The van der Waals surface area contributed by atoms with Crippen LogP contribution in [0.2, 0.25) is 0 Å². The Balaban J connectivity index is 2.20.